The molecule has 0 bridgehead atoms. The normalized spacial score (nSPS) is 10.4. The van der Waals surface area contributed by atoms with Crippen LogP contribution in [0.25, 0.3) is 0 Å². The van der Waals surface area contributed by atoms with Crippen LogP contribution in [0.1, 0.15) is 21.5 Å². The van der Waals surface area contributed by atoms with Gasteiger partial charge < -0.3 is 14.2 Å². The van der Waals surface area contributed by atoms with Crippen LogP contribution in [-0.4, -0.2) is 45.7 Å². The van der Waals surface area contributed by atoms with Crippen molar-refractivity contribution in [2.45, 2.75) is 13.8 Å². The van der Waals surface area contributed by atoms with Crippen LogP contribution < -0.4 is 19.5 Å². The number of carbonyl (C=O) groups excluding carboxylic acids is 1. The summed E-state index contributed by atoms with van der Waals surface area (Å²) in [5, 5.41) is 1.07. The Labute approximate surface area is 156 Å². The minimum absolute atomic E-state index is 0. The van der Waals surface area contributed by atoms with E-state index in [4.69, 9.17) is 14.2 Å². The van der Waals surface area contributed by atoms with E-state index in [9.17, 15) is 4.79 Å². The molecule has 0 fully saturated rings. The van der Waals surface area contributed by atoms with Gasteiger partial charge >= 0.3 is 18.9 Å². The standard InChI is InChI=1S/C18H21O4P.Li.H/c1-11-7-6-8-12(2)17(11)23-18(19)16-14(21-4)9-13(20-3)10-15(16)22-5;;/h6-10,23H,1-5H3;;. The molecule has 124 valence electrons. The minimum atomic E-state index is -0.0150. The topological polar surface area (TPSA) is 44.8 Å². The van der Waals surface area contributed by atoms with Gasteiger partial charge in [0.1, 0.15) is 22.8 Å². The molecule has 4 nitrogen and oxygen atoms in total. The first-order valence-electron chi connectivity index (χ1n) is 7.19. The summed E-state index contributed by atoms with van der Waals surface area (Å²) < 4.78 is 16.0. The predicted octanol–water partition coefficient (Wildman–Crippen LogP) is 2.82. The second-order valence-electron chi connectivity index (χ2n) is 5.13. The molecule has 0 spiro atoms. The van der Waals surface area contributed by atoms with E-state index in [0.717, 1.165) is 16.4 Å². The Bertz CT molecular complexity index is 686. The number of benzene rings is 2. The number of hydrogen-bond acceptors (Lipinski definition) is 4. The van der Waals surface area contributed by atoms with Crippen LogP contribution in [-0.2, 0) is 0 Å². The third kappa shape index (κ3) is 4.33. The van der Waals surface area contributed by atoms with Crippen LogP contribution in [0.15, 0.2) is 30.3 Å². The van der Waals surface area contributed by atoms with Gasteiger partial charge in [-0.3, -0.25) is 4.79 Å². The first-order valence-corrected chi connectivity index (χ1v) is 8.19. The second kappa shape index (κ2) is 9.13. The van der Waals surface area contributed by atoms with Crippen molar-refractivity contribution in [1.29, 1.82) is 0 Å². The van der Waals surface area contributed by atoms with Crippen LogP contribution in [0.5, 0.6) is 17.2 Å². The number of carbonyl (C=O) groups is 1. The van der Waals surface area contributed by atoms with E-state index in [1.807, 2.05) is 32.0 Å². The maximum atomic E-state index is 12.9. The molecule has 0 aliphatic heterocycles. The SMILES string of the molecule is COc1cc(OC)c(C(=O)Pc2c(C)cccc2C)c(OC)c1.[LiH]. The van der Waals surface area contributed by atoms with Gasteiger partial charge in [-0.1, -0.05) is 18.2 Å². The summed E-state index contributed by atoms with van der Waals surface area (Å²) in [5.41, 5.74) is 2.67. The van der Waals surface area contributed by atoms with Crippen molar-refractivity contribution >= 4 is 38.3 Å². The predicted molar refractivity (Wildman–Crippen MR) is 101 cm³/mol. The number of rotatable bonds is 6. The molecule has 2 aromatic rings. The first-order chi connectivity index (χ1) is 11.0. The van der Waals surface area contributed by atoms with Gasteiger partial charge in [0.2, 0.25) is 0 Å². The van der Waals surface area contributed by atoms with Crippen molar-refractivity contribution in [3.05, 3.63) is 47.0 Å². The van der Waals surface area contributed by atoms with Gasteiger partial charge in [-0.2, -0.15) is 0 Å². The molecule has 0 radical (unpaired) electrons. The molecule has 24 heavy (non-hydrogen) atoms. The van der Waals surface area contributed by atoms with E-state index in [2.05, 4.69) is 0 Å². The molecule has 0 aliphatic rings. The third-order valence-corrected chi connectivity index (χ3v) is 5.18. The Morgan fingerprint density at radius 1 is 0.917 bits per heavy atom. The molecule has 0 amide bonds. The number of methoxy groups -OCH3 is 3. The quantitative estimate of drug-likeness (QED) is 0.599. The summed E-state index contributed by atoms with van der Waals surface area (Å²) >= 11 is 0. The molecular formula is C18H22LiO4P. The van der Waals surface area contributed by atoms with Crippen LogP contribution in [0.2, 0.25) is 0 Å². The van der Waals surface area contributed by atoms with Crippen LogP contribution >= 0.6 is 8.58 Å². The molecule has 0 heterocycles. The van der Waals surface area contributed by atoms with Crippen molar-refractivity contribution in [2.24, 2.45) is 0 Å². The average molecular weight is 340 g/mol. The Hall–Kier alpha value is -1.46. The summed E-state index contributed by atoms with van der Waals surface area (Å²) in [4.78, 5) is 12.9. The molecule has 2 rings (SSSR count). The molecule has 0 N–H and O–H groups in total. The van der Waals surface area contributed by atoms with Crippen molar-refractivity contribution in [2.75, 3.05) is 21.3 Å². The van der Waals surface area contributed by atoms with Gasteiger partial charge in [0, 0.05) is 12.1 Å². The molecule has 0 aromatic heterocycles. The fourth-order valence-electron chi connectivity index (χ4n) is 2.42. The zero-order valence-corrected chi connectivity index (χ0v) is 15.0. The summed E-state index contributed by atoms with van der Waals surface area (Å²) in [6.07, 6.45) is 0. The summed E-state index contributed by atoms with van der Waals surface area (Å²) in [7, 11) is 4.64. The first kappa shape index (κ1) is 20.6. The van der Waals surface area contributed by atoms with Crippen LogP contribution in [0, 0.1) is 13.8 Å². The van der Waals surface area contributed by atoms with Gasteiger partial charge in [0.25, 0.3) is 0 Å². The molecule has 0 saturated carbocycles. The Kier molecular flexibility index (Phi) is 7.83. The Morgan fingerprint density at radius 2 is 1.42 bits per heavy atom. The summed E-state index contributed by atoms with van der Waals surface area (Å²) in [6, 6.07) is 9.43. The van der Waals surface area contributed by atoms with Crippen molar-refractivity contribution in [1.82, 2.24) is 0 Å². The van der Waals surface area contributed by atoms with Gasteiger partial charge in [-0.15, -0.1) is 0 Å². The second-order valence-corrected chi connectivity index (χ2v) is 6.33. The molecular weight excluding hydrogens is 318 g/mol. The fraction of sp³-hybridized carbons (Fsp3) is 0.278. The monoisotopic (exact) mass is 340 g/mol. The molecule has 1 atom stereocenters. The molecule has 0 saturated heterocycles. The zero-order chi connectivity index (χ0) is 17.0. The molecule has 1 unspecified atom stereocenters. The van der Waals surface area contributed by atoms with Gasteiger partial charge in [0.15, 0.2) is 5.52 Å². The number of aryl methyl sites for hydroxylation is 2. The number of ether oxygens (including phenoxy) is 3. The molecule has 2 aromatic carbocycles. The van der Waals surface area contributed by atoms with Gasteiger partial charge in [-0.25, -0.2) is 0 Å². The zero-order valence-electron chi connectivity index (χ0n) is 14.0. The summed E-state index contributed by atoms with van der Waals surface area (Å²) in [6.45, 7) is 4.04. The number of hydrogen-bond donors (Lipinski definition) is 0. The van der Waals surface area contributed by atoms with Crippen LogP contribution in [0.3, 0.4) is 0 Å². The van der Waals surface area contributed by atoms with E-state index in [-0.39, 0.29) is 33.0 Å². The van der Waals surface area contributed by atoms with Crippen molar-refractivity contribution < 1.29 is 19.0 Å². The van der Waals surface area contributed by atoms with E-state index in [1.54, 1.807) is 19.2 Å². The van der Waals surface area contributed by atoms with E-state index in [1.165, 1.54) is 14.2 Å². The molecule has 6 heteroatoms. The maximum absolute atomic E-state index is 12.9. The van der Waals surface area contributed by atoms with Crippen molar-refractivity contribution in [3.63, 3.8) is 0 Å². The third-order valence-electron chi connectivity index (χ3n) is 3.66. The van der Waals surface area contributed by atoms with E-state index in [0.29, 0.717) is 22.8 Å². The van der Waals surface area contributed by atoms with E-state index < -0.39 is 0 Å². The molecule has 0 aliphatic carbocycles. The Balaban J connectivity index is 0.00000288. The van der Waals surface area contributed by atoms with Crippen LogP contribution in [0.4, 0.5) is 0 Å². The van der Waals surface area contributed by atoms with Crippen molar-refractivity contribution in [3.8, 4) is 17.2 Å². The van der Waals surface area contributed by atoms with Gasteiger partial charge in [-0.05, 0) is 38.9 Å². The van der Waals surface area contributed by atoms with Gasteiger partial charge in [0.05, 0.1) is 21.3 Å². The summed E-state index contributed by atoms with van der Waals surface area (Å²) in [5.74, 6) is 1.51. The average Bonchev–Trinajstić information content (AvgIpc) is 2.56. The Morgan fingerprint density at radius 3 is 1.83 bits per heavy atom. The van der Waals surface area contributed by atoms with E-state index >= 15 is 0 Å². The fourth-order valence-corrected chi connectivity index (χ4v) is 3.58.